The van der Waals surface area contributed by atoms with E-state index in [9.17, 15) is 9.59 Å². The fourth-order valence-electron chi connectivity index (χ4n) is 2.11. The Morgan fingerprint density at radius 2 is 1.81 bits per heavy atom. The molecule has 0 heterocycles. The van der Waals surface area contributed by atoms with Crippen molar-refractivity contribution in [1.82, 2.24) is 10.2 Å². The lowest BCUT2D eigenvalue weighted by molar-refractivity contribution is -0.121. The number of hydrogen-bond acceptors (Lipinski definition) is 2. The summed E-state index contributed by atoms with van der Waals surface area (Å²) < 4.78 is 1.00. The largest absolute Gasteiger partial charge is 0.358 e. The van der Waals surface area contributed by atoms with Crippen LogP contribution in [0.15, 0.2) is 40.9 Å². The van der Waals surface area contributed by atoms with Crippen LogP contribution in [0.4, 0.5) is 0 Å². The number of rotatable bonds is 4. The second-order valence-electron chi connectivity index (χ2n) is 4.70. The first-order valence-corrected chi connectivity index (χ1v) is 7.53. The average molecular weight is 349 g/mol. The Morgan fingerprint density at radius 3 is 2.48 bits per heavy atom. The fourth-order valence-corrected chi connectivity index (χ4v) is 2.49. The molecule has 110 valence electrons. The molecule has 21 heavy (non-hydrogen) atoms. The van der Waals surface area contributed by atoms with Crippen molar-refractivity contribution in [3.05, 3.63) is 46.4 Å². The predicted molar refractivity (Wildman–Crippen MR) is 87.3 cm³/mol. The van der Waals surface area contributed by atoms with Crippen molar-refractivity contribution >= 4 is 38.5 Å². The van der Waals surface area contributed by atoms with E-state index in [0.29, 0.717) is 12.1 Å². The first kappa shape index (κ1) is 15.5. The number of nitrogens with zero attached hydrogens (tertiary/aromatic N) is 1. The van der Waals surface area contributed by atoms with E-state index in [0.717, 1.165) is 15.2 Å². The van der Waals surface area contributed by atoms with Crippen LogP contribution >= 0.6 is 15.9 Å². The highest BCUT2D eigenvalue weighted by Gasteiger charge is 2.16. The molecule has 0 aliphatic carbocycles. The third kappa shape index (κ3) is 3.61. The number of carbonyl (C=O) groups excluding carboxylic acids is 2. The summed E-state index contributed by atoms with van der Waals surface area (Å²) in [6.45, 7) is 2.42. The van der Waals surface area contributed by atoms with Gasteiger partial charge in [-0.2, -0.15) is 0 Å². The summed E-state index contributed by atoms with van der Waals surface area (Å²) in [4.78, 5) is 25.5. The molecule has 0 fully saturated rings. The first-order chi connectivity index (χ1) is 10.0. The van der Waals surface area contributed by atoms with E-state index < -0.39 is 0 Å². The summed E-state index contributed by atoms with van der Waals surface area (Å²) in [6.07, 6.45) is 0. The molecule has 0 aliphatic heterocycles. The van der Waals surface area contributed by atoms with Gasteiger partial charge in [0, 0.05) is 23.6 Å². The van der Waals surface area contributed by atoms with Gasteiger partial charge in [-0.15, -0.1) is 0 Å². The smallest absolute Gasteiger partial charge is 0.254 e. The Labute approximate surface area is 132 Å². The number of likely N-dealkylation sites (N-methyl/N-ethyl adjacent to an activating group) is 2. The summed E-state index contributed by atoms with van der Waals surface area (Å²) in [5.41, 5.74) is 0.593. The van der Waals surface area contributed by atoms with Crippen LogP contribution < -0.4 is 5.32 Å². The lowest BCUT2D eigenvalue weighted by atomic mass is 10.1. The van der Waals surface area contributed by atoms with Crippen molar-refractivity contribution in [3.63, 3.8) is 0 Å². The van der Waals surface area contributed by atoms with Crippen LogP contribution in [0.5, 0.6) is 0 Å². The quantitative estimate of drug-likeness (QED) is 0.923. The summed E-state index contributed by atoms with van der Waals surface area (Å²) in [5.74, 6) is -0.305. The molecule has 2 aromatic carbocycles. The van der Waals surface area contributed by atoms with Gasteiger partial charge in [0.15, 0.2) is 0 Å². The highest BCUT2D eigenvalue weighted by atomic mass is 79.9. The van der Waals surface area contributed by atoms with E-state index in [1.807, 2.05) is 37.3 Å². The van der Waals surface area contributed by atoms with Crippen LogP contribution in [0.1, 0.15) is 17.3 Å². The summed E-state index contributed by atoms with van der Waals surface area (Å²) in [6, 6.07) is 11.5. The van der Waals surface area contributed by atoms with Crippen LogP contribution in [0.3, 0.4) is 0 Å². The van der Waals surface area contributed by atoms with Gasteiger partial charge >= 0.3 is 0 Å². The molecule has 0 radical (unpaired) electrons. The predicted octanol–water partition coefficient (Wildman–Crippen LogP) is 2.81. The number of halogens is 1. The molecular formula is C16H17BrN2O2. The van der Waals surface area contributed by atoms with Crippen molar-refractivity contribution in [2.24, 2.45) is 0 Å². The van der Waals surface area contributed by atoms with E-state index in [1.54, 1.807) is 13.1 Å². The highest BCUT2D eigenvalue weighted by Crippen LogP contribution is 2.21. The van der Waals surface area contributed by atoms with Crippen molar-refractivity contribution < 1.29 is 9.59 Å². The SMILES string of the molecule is CCN(CC(=O)NC)C(=O)c1ccc2cc(Br)ccc2c1. The zero-order valence-electron chi connectivity index (χ0n) is 12.0. The van der Waals surface area contributed by atoms with Crippen LogP contribution in [-0.4, -0.2) is 36.9 Å². The van der Waals surface area contributed by atoms with Gasteiger partial charge < -0.3 is 10.2 Å². The van der Waals surface area contributed by atoms with Crippen molar-refractivity contribution in [1.29, 1.82) is 0 Å². The molecule has 2 rings (SSSR count). The molecule has 1 N–H and O–H groups in total. The van der Waals surface area contributed by atoms with E-state index in [1.165, 1.54) is 4.90 Å². The van der Waals surface area contributed by atoms with E-state index in [2.05, 4.69) is 21.2 Å². The van der Waals surface area contributed by atoms with Crippen molar-refractivity contribution in [3.8, 4) is 0 Å². The van der Waals surface area contributed by atoms with Crippen molar-refractivity contribution in [2.45, 2.75) is 6.92 Å². The zero-order chi connectivity index (χ0) is 15.4. The topological polar surface area (TPSA) is 49.4 Å². The summed E-state index contributed by atoms with van der Waals surface area (Å²) >= 11 is 3.43. The lowest BCUT2D eigenvalue weighted by Gasteiger charge is -2.20. The molecular weight excluding hydrogens is 332 g/mol. The molecule has 0 bridgehead atoms. The standard InChI is InChI=1S/C16H17BrN2O2/c1-3-19(10-15(20)18-2)16(21)13-5-4-12-9-14(17)7-6-11(12)8-13/h4-9H,3,10H2,1-2H3,(H,18,20). The van der Waals surface area contributed by atoms with Gasteiger partial charge in [-0.3, -0.25) is 9.59 Å². The minimum Gasteiger partial charge on any atom is -0.358 e. The van der Waals surface area contributed by atoms with Gasteiger partial charge in [0.25, 0.3) is 5.91 Å². The van der Waals surface area contributed by atoms with Gasteiger partial charge in [0.1, 0.15) is 0 Å². The molecule has 0 aliphatic rings. The van der Waals surface area contributed by atoms with Gasteiger partial charge in [-0.1, -0.05) is 28.1 Å². The Morgan fingerprint density at radius 1 is 1.14 bits per heavy atom. The minimum absolute atomic E-state index is 0.0736. The van der Waals surface area contributed by atoms with Crippen LogP contribution in [0, 0.1) is 0 Å². The van der Waals surface area contributed by atoms with Gasteiger partial charge in [0.2, 0.25) is 5.91 Å². The molecule has 0 spiro atoms. The van der Waals surface area contributed by atoms with Crippen molar-refractivity contribution in [2.75, 3.05) is 20.1 Å². The van der Waals surface area contributed by atoms with Gasteiger partial charge in [-0.25, -0.2) is 0 Å². The van der Waals surface area contributed by atoms with E-state index in [-0.39, 0.29) is 18.4 Å². The van der Waals surface area contributed by atoms with Crippen LogP contribution in [0.2, 0.25) is 0 Å². The minimum atomic E-state index is -0.171. The molecule has 4 nitrogen and oxygen atoms in total. The van der Waals surface area contributed by atoms with E-state index >= 15 is 0 Å². The van der Waals surface area contributed by atoms with E-state index in [4.69, 9.17) is 0 Å². The van der Waals surface area contributed by atoms with Crippen LogP contribution in [0.25, 0.3) is 10.8 Å². The second-order valence-corrected chi connectivity index (χ2v) is 5.61. The maximum atomic E-state index is 12.5. The molecule has 0 unspecified atom stereocenters. The number of benzene rings is 2. The molecule has 5 heteroatoms. The molecule has 0 aromatic heterocycles. The third-order valence-electron chi connectivity index (χ3n) is 3.33. The normalized spacial score (nSPS) is 10.4. The Kier molecular flexibility index (Phi) is 4.96. The number of fused-ring (bicyclic) bond motifs is 1. The second kappa shape index (κ2) is 6.72. The maximum absolute atomic E-state index is 12.5. The summed E-state index contributed by atoms with van der Waals surface area (Å²) in [7, 11) is 1.56. The Bertz CT molecular complexity index is 685. The molecule has 0 saturated heterocycles. The molecule has 0 atom stereocenters. The fraction of sp³-hybridized carbons (Fsp3) is 0.250. The molecule has 2 amide bonds. The highest BCUT2D eigenvalue weighted by molar-refractivity contribution is 9.10. The number of amides is 2. The Balaban J connectivity index is 2.29. The molecule has 0 saturated carbocycles. The number of nitrogens with one attached hydrogen (secondary N) is 1. The zero-order valence-corrected chi connectivity index (χ0v) is 13.6. The van der Waals surface area contributed by atoms with Gasteiger partial charge in [-0.05, 0) is 42.0 Å². The summed E-state index contributed by atoms with van der Waals surface area (Å²) in [5, 5.41) is 4.60. The third-order valence-corrected chi connectivity index (χ3v) is 3.82. The van der Waals surface area contributed by atoms with Crippen LogP contribution in [-0.2, 0) is 4.79 Å². The average Bonchev–Trinajstić information content (AvgIpc) is 2.51. The first-order valence-electron chi connectivity index (χ1n) is 6.74. The maximum Gasteiger partial charge on any atom is 0.254 e. The number of hydrogen-bond donors (Lipinski definition) is 1. The monoisotopic (exact) mass is 348 g/mol. The Hall–Kier alpha value is -1.88. The lowest BCUT2D eigenvalue weighted by Crippen LogP contribution is -2.39. The van der Waals surface area contributed by atoms with Gasteiger partial charge in [0.05, 0.1) is 6.54 Å². The number of carbonyl (C=O) groups is 2. The molecule has 2 aromatic rings.